The van der Waals surface area contributed by atoms with Gasteiger partial charge in [-0.3, -0.25) is 9.78 Å². The first-order chi connectivity index (χ1) is 16.5. The number of anilines is 1. The molecule has 4 rings (SSSR count). The first-order valence-corrected chi connectivity index (χ1v) is 12.2. The fourth-order valence-electron chi connectivity index (χ4n) is 3.17. The van der Waals surface area contributed by atoms with Crippen LogP contribution in [0.1, 0.15) is 19.3 Å². The summed E-state index contributed by atoms with van der Waals surface area (Å²) < 4.78 is 44.4. The fourth-order valence-corrected chi connectivity index (χ4v) is 4.26. The van der Waals surface area contributed by atoms with Crippen LogP contribution in [0.5, 0.6) is 23.1 Å². The molecule has 2 heterocycles. The molecule has 0 spiro atoms. The number of hydrogen-bond acceptors (Lipinski definition) is 8. The molecule has 2 N–H and O–H groups in total. The Morgan fingerprint density at radius 1 is 1.06 bits per heavy atom. The fraction of sp³-hybridized carbons (Fsp3) is 0.261. The van der Waals surface area contributed by atoms with Gasteiger partial charge in [0.15, 0.2) is 11.5 Å². The smallest absolute Gasteiger partial charge is 0.240 e. The van der Waals surface area contributed by atoms with Crippen molar-refractivity contribution in [2.45, 2.75) is 24.2 Å². The monoisotopic (exact) mass is 484 g/mol. The standard InChI is InChI=1S/C23H24N4O6S/c28-22(27-17-4-1-5-18(14-17)33-23-16-24-10-11-25-23)6-2-9-26-34(29,30)19-7-8-20-21(15-19)32-13-3-12-31-20/h1,4-5,7-8,10-11,14-16,26H,2-3,6,9,12-13H2,(H,27,28). The van der Waals surface area contributed by atoms with E-state index in [-0.39, 0.29) is 23.8 Å². The summed E-state index contributed by atoms with van der Waals surface area (Å²) in [6.07, 6.45) is 5.74. The van der Waals surface area contributed by atoms with Crippen LogP contribution in [0.4, 0.5) is 5.69 Å². The minimum atomic E-state index is -3.74. The van der Waals surface area contributed by atoms with Gasteiger partial charge in [0.1, 0.15) is 5.75 Å². The van der Waals surface area contributed by atoms with Crippen molar-refractivity contribution in [3.8, 4) is 23.1 Å². The highest BCUT2D eigenvalue weighted by molar-refractivity contribution is 7.89. The number of amides is 1. The quantitative estimate of drug-likeness (QED) is 0.443. The molecule has 0 unspecified atom stereocenters. The van der Waals surface area contributed by atoms with E-state index in [4.69, 9.17) is 14.2 Å². The van der Waals surface area contributed by atoms with Crippen LogP contribution in [-0.4, -0.2) is 44.1 Å². The average Bonchev–Trinajstić information content (AvgIpc) is 3.08. The number of aromatic nitrogens is 2. The third kappa shape index (κ3) is 6.42. The molecule has 0 saturated heterocycles. The minimum absolute atomic E-state index is 0.0844. The highest BCUT2D eigenvalue weighted by atomic mass is 32.2. The second-order valence-electron chi connectivity index (χ2n) is 7.38. The van der Waals surface area contributed by atoms with E-state index < -0.39 is 10.0 Å². The third-order valence-corrected chi connectivity index (χ3v) is 6.24. The number of nitrogens with zero attached hydrogens (tertiary/aromatic N) is 2. The summed E-state index contributed by atoms with van der Waals surface area (Å²) in [6, 6.07) is 11.4. The summed E-state index contributed by atoms with van der Waals surface area (Å²) in [7, 11) is -3.74. The Morgan fingerprint density at radius 3 is 2.74 bits per heavy atom. The Morgan fingerprint density at radius 2 is 1.91 bits per heavy atom. The van der Waals surface area contributed by atoms with Crippen LogP contribution >= 0.6 is 0 Å². The molecule has 34 heavy (non-hydrogen) atoms. The van der Waals surface area contributed by atoms with Gasteiger partial charge < -0.3 is 19.5 Å². The molecular formula is C23H24N4O6S. The van der Waals surface area contributed by atoms with Gasteiger partial charge >= 0.3 is 0 Å². The van der Waals surface area contributed by atoms with Gasteiger partial charge in [-0.15, -0.1) is 0 Å². The Kier molecular flexibility index (Phi) is 7.55. The van der Waals surface area contributed by atoms with Crippen molar-refractivity contribution >= 4 is 21.6 Å². The van der Waals surface area contributed by atoms with Gasteiger partial charge in [-0.2, -0.15) is 0 Å². The molecule has 3 aromatic rings. The normalized spacial score (nSPS) is 13.1. The lowest BCUT2D eigenvalue weighted by molar-refractivity contribution is -0.116. The van der Waals surface area contributed by atoms with Gasteiger partial charge in [-0.05, 0) is 30.7 Å². The van der Waals surface area contributed by atoms with E-state index in [1.807, 2.05) is 0 Å². The van der Waals surface area contributed by atoms with Crippen molar-refractivity contribution in [1.29, 1.82) is 0 Å². The Hall–Kier alpha value is -3.70. The number of sulfonamides is 1. The van der Waals surface area contributed by atoms with Crippen LogP contribution in [0, 0.1) is 0 Å². The Balaban J connectivity index is 1.25. The second kappa shape index (κ2) is 10.9. The summed E-state index contributed by atoms with van der Waals surface area (Å²) in [4.78, 5) is 20.3. The summed E-state index contributed by atoms with van der Waals surface area (Å²) in [5.41, 5.74) is 0.555. The molecule has 0 saturated carbocycles. The molecule has 178 valence electrons. The number of nitrogens with one attached hydrogen (secondary N) is 2. The molecule has 11 heteroatoms. The van der Waals surface area contributed by atoms with E-state index >= 15 is 0 Å². The van der Waals surface area contributed by atoms with Gasteiger partial charge in [0.2, 0.25) is 21.8 Å². The molecule has 0 aliphatic carbocycles. The maximum atomic E-state index is 12.6. The lowest BCUT2D eigenvalue weighted by Crippen LogP contribution is -2.25. The molecule has 10 nitrogen and oxygen atoms in total. The number of carbonyl (C=O) groups is 1. The highest BCUT2D eigenvalue weighted by Crippen LogP contribution is 2.31. The molecule has 0 fully saturated rings. The third-order valence-electron chi connectivity index (χ3n) is 4.78. The lowest BCUT2D eigenvalue weighted by Gasteiger charge is -2.11. The zero-order valence-electron chi connectivity index (χ0n) is 18.3. The van der Waals surface area contributed by atoms with Crippen LogP contribution in [0.25, 0.3) is 0 Å². The summed E-state index contributed by atoms with van der Waals surface area (Å²) in [6.45, 7) is 1.10. The predicted molar refractivity (Wildman–Crippen MR) is 124 cm³/mol. The van der Waals surface area contributed by atoms with Crippen molar-refractivity contribution < 1.29 is 27.4 Å². The minimum Gasteiger partial charge on any atom is -0.490 e. The first-order valence-electron chi connectivity index (χ1n) is 10.7. The van der Waals surface area contributed by atoms with E-state index in [0.717, 1.165) is 6.42 Å². The number of rotatable bonds is 9. The van der Waals surface area contributed by atoms with Crippen LogP contribution < -0.4 is 24.2 Å². The summed E-state index contributed by atoms with van der Waals surface area (Å²) >= 11 is 0. The number of ether oxygens (including phenoxy) is 3. The van der Waals surface area contributed by atoms with Gasteiger partial charge in [-0.1, -0.05) is 6.07 Å². The number of carbonyl (C=O) groups excluding carboxylic acids is 1. The largest absolute Gasteiger partial charge is 0.490 e. The van der Waals surface area contributed by atoms with Crippen LogP contribution in [0.3, 0.4) is 0 Å². The maximum absolute atomic E-state index is 12.6. The van der Waals surface area contributed by atoms with Crippen LogP contribution in [-0.2, 0) is 14.8 Å². The van der Waals surface area contributed by atoms with Crippen LogP contribution in [0.15, 0.2) is 66.0 Å². The SMILES string of the molecule is O=C(CCCNS(=O)(=O)c1ccc2c(c1)OCCCO2)Nc1cccc(Oc2cnccn2)c1. The van der Waals surface area contributed by atoms with Gasteiger partial charge in [0.05, 0.1) is 24.3 Å². The van der Waals surface area contributed by atoms with Gasteiger partial charge in [-0.25, -0.2) is 18.1 Å². The van der Waals surface area contributed by atoms with Crippen molar-refractivity contribution in [3.05, 3.63) is 61.1 Å². The summed E-state index contributed by atoms with van der Waals surface area (Å²) in [5, 5.41) is 2.77. The lowest BCUT2D eigenvalue weighted by atomic mass is 10.2. The van der Waals surface area contributed by atoms with E-state index in [9.17, 15) is 13.2 Å². The Bertz CT molecular complexity index is 1240. The second-order valence-corrected chi connectivity index (χ2v) is 9.15. The molecule has 2 aromatic carbocycles. The number of fused-ring (bicyclic) bond motifs is 1. The predicted octanol–water partition coefficient (Wildman–Crippen LogP) is 3.13. The van der Waals surface area contributed by atoms with Gasteiger partial charge in [0, 0.05) is 49.6 Å². The van der Waals surface area contributed by atoms with Crippen LogP contribution in [0.2, 0.25) is 0 Å². The Labute approximate surface area is 197 Å². The molecule has 1 amide bonds. The zero-order valence-corrected chi connectivity index (χ0v) is 19.1. The first kappa shape index (κ1) is 23.5. The number of hydrogen-bond donors (Lipinski definition) is 2. The van der Waals surface area contributed by atoms with E-state index in [2.05, 4.69) is 20.0 Å². The summed E-state index contributed by atoms with van der Waals surface area (Å²) in [5.74, 6) is 1.53. The molecular weight excluding hydrogens is 460 g/mol. The van der Waals surface area contributed by atoms with Gasteiger partial charge in [0.25, 0.3) is 0 Å². The van der Waals surface area contributed by atoms with Crippen molar-refractivity contribution in [2.75, 3.05) is 25.1 Å². The van der Waals surface area contributed by atoms with E-state index in [0.29, 0.717) is 48.5 Å². The molecule has 0 radical (unpaired) electrons. The molecule has 1 aromatic heterocycles. The molecule has 1 aliphatic heterocycles. The number of benzene rings is 2. The average molecular weight is 485 g/mol. The van der Waals surface area contributed by atoms with E-state index in [1.165, 1.54) is 24.5 Å². The molecule has 1 aliphatic rings. The highest BCUT2D eigenvalue weighted by Gasteiger charge is 2.18. The maximum Gasteiger partial charge on any atom is 0.240 e. The molecule has 0 bridgehead atoms. The van der Waals surface area contributed by atoms with Crippen molar-refractivity contribution in [1.82, 2.24) is 14.7 Å². The molecule has 0 atom stereocenters. The zero-order chi connectivity index (χ0) is 23.8. The topological polar surface area (TPSA) is 129 Å². The van der Waals surface area contributed by atoms with E-state index in [1.54, 1.807) is 36.5 Å². The van der Waals surface area contributed by atoms with Crippen molar-refractivity contribution in [3.63, 3.8) is 0 Å². The van der Waals surface area contributed by atoms with Crippen molar-refractivity contribution in [2.24, 2.45) is 0 Å².